The molecule has 0 radical (unpaired) electrons. The lowest BCUT2D eigenvalue weighted by molar-refractivity contribution is -0.132. The molecule has 2 aliphatic heterocycles. The zero-order valence-corrected chi connectivity index (χ0v) is 8.21. The third kappa shape index (κ3) is 0.957. The van der Waals surface area contributed by atoms with Gasteiger partial charge in [0.15, 0.2) is 0 Å². The second-order valence-corrected chi connectivity index (χ2v) is 4.18. The fourth-order valence-corrected chi connectivity index (χ4v) is 2.53. The molecule has 0 saturated carbocycles. The molecular formula is C9H17N3O. The standard InChI is InChI=1S/C9H17N3O/c1-6-7(10)9(4-3-5-11-9)8(13)12(6)2/h6-7,11H,3-5,10H2,1-2H3. The van der Waals surface area contributed by atoms with Gasteiger partial charge < -0.3 is 16.0 Å². The van der Waals surface area contributed by atoms with Gasteiger partial charge >= 0.3 is 0 Å². The van der Waals surface area contributed by atoms with E-state index in [0.717, 1.165) is 19.4 Å². The van der Waals surface area contributed by atoms with Gasteiger partial charge in [-0.05, 0) is 26.3 Å². The number of amides is 1. The van der Waals surface area contributed by atoms with Crippen LogP contribution >= 0.6 is 0 Å². The number of nitrogens with one attached hydrogen (secondary N) is 1. The number of rotatable bonds is 0. The molecule has 4 heteroatoms. The van der Waals surface area contributed by atoms with Crippen molar-refractivity contribution in [2.24, 2.45) is 5.73 Å². The average Bonchev–Trinajstić information content (AvgIpc) is 2.67. The highest BCUT2D eigenvalue weighted by Gasteiger charge is 2.56. The molecule has 0 aromatic rings. The number of likely N-dealkylation sites (tertiary alicyclic amines) is 1. The second kappa shape index (κ2) is 2.69. The van der Waals surface area contributed by atoms with Crippen LogP contribution in [0.2, 0.25) is 0 Å². The summed E-state index contributed by atoms with van der Waals surface area (Å²) >= 11 is 0. The third-order valence-corrected chi connectivity index (χ3v) is 3.59. The van der Waals surface area contributed by atoms with Crippen LogP contribution in [0.4, 0.5) is 0 Å². The molecule has 2 heterocycles. The van der Waals surface area contributed by atoms with Crippen molar-refractivity contribution < 1.29 is 4.79 Å². The molecule has 3 atom stereocenters. The van der Waals surface area contributed by atoms with Gasteiger partial charge in [0.2, 0.25) is 5.91 Å². The minimum Gasteiger partial charge on any atom is -0.340 e. The van der Waals surface area contributed by atoms with Crippen LogP contribution in [-0.4, -0.2) is 42.0 Å². The number of carbonyl (C=O) groups excluding carboxylic acids is 1. The van der Waals surface area contributed by atoms with E-state index in [-0.39, 0.29) is 18.0 Å². The highest BCUT2D eigenvalue weighted by atomic mass is 16.2. The highest BCUT2D eigenvalue weighted by Crippen LogP contribution is 2.33. The Bertz CT molecular complexity index is 235. The topological polar surface area (TPSA) is 58.4 Å². The Morgan fingerprint density at radius 3 is 2.77 bits per heavy atom. The molecule has 2 aliphatic rings. The van der Waals surface area contributed by atoms with Gasteiger partial charge in [-0.3, -0.25) is 4.79 Å². The maximum Gasteiger partial charge on any atom is 0.244 e. The Balaban J connectivity index is 2.33. The zero-order valence-electron chi connectivity index (χ0n) is 8.21. The summed E-state index contributed by atoms with van der Waals surface area (Å²) in [7, 11) is 1.83. The first kappa shape index (κ1) is 8.97. The van der Waals surface area contributed by atoms with Crippen molar-refractivity contribution >= 4 is 5.91 Å². The largest absolute Gasteiger partial charge is 0.340 e. The van der Waals surface area contributed by atoms with Crippen LogP contribution in [0.3, 0.4) is 0 Å². The van der Waals surface area contributed by atoms with E-state index < -0.39 is 5.54 Å². The van der Waals surface area contributed by atoms with Gasteiger partial charge in [0.25, 0.3) is 0 Å². The van der Waals surface area contributed by atoms with Crippen LogP contribution in [0.1, 0.15) is 19.8 Å². The zero-order chi connectivity index (χ0) is 9.64. The van der Waals surface area contributed by atoms with Crippen molar-refractivity contribution in [3.63, 3.8) is 0 Å². The lowest BCUT2D eigenvalue weighted by Crippen LogP contribution is -2.57. The van der Waals surface area contributed by atoms with Crippen molar-refractivity contribution in [2.75, 3.05) is 13.6 Å². The van der Waals surface area contributed by atoms with Crippen LogP contribution in [-0.2, 0) is 4.79 Å². The first-order valence-corrected chi connectivity index (χ1v) is 4.87. The average molecular weight is 183 g/mol. The SMILES string of the molecule is CC1C(N)C2(CCCN2)C(=O)N1C. The molecule has 2 rings (SSSR count). The molecule has 0 aromatic carbocycles. The molecule has 0 bridgehead atoms. The molecular weight excluding hydrogens is 166 g/mol. The summed E-state index contributed by atoms with van der Waals surface area (Å²) in [5.41, 5.74) is 5.64. The first-order chi connectivity index (χ1) is 6.09. The van der Waals surface area contributed by atoms with Gasteiger partial charge in [0, 0.05) is 13.1 Å². The molecule has 4 nitrogen and oxygen atoms in total. The summed E-state index contributed by atoms with van der Waals surface area (Å²) in [5.74, 6) is 0.171. The van der Waals surface area contributed by atoms with E-state index in [1.54, 1.807) is 4.90 Å². The molecule has 2 saturated heterocycles. The predicted octanol–water partition coefficient (Wildman–Crippen LogP) is -0.704. The fourth-order valence-electron chi connectivity index (χ4n) is 2.53. The predicted molar refractivity (Wildman–Crippen MR) is 50.2 cm³/mol. The maximum atomic E-state index is 11.9. The van der Waals surface area contributed by atoms with Gasteiger partial charge in [-0.25, -0.2) is 0 Å². The summed E-state index contributed by atoms with van der Waals surface area (Å²) < 4.78 is 0. The van der Waals surface area contributed by atoms with E-state index in [9.17, 15) is 4.79 Å². The summed E-state index contributed by atoms with van der Waals surface area (Å²) in [5, 5.41) is 3.28. The fraction of sp³-hybridized carbons (Fsp3) is 0.889. The third-order valence-electron chi connectivity index (χ3n) is 3.59. The van der Waals surface area contributed by atoms with Crippen LogP contribution in [0.25, 0.3) is 0 Å². The van der Waals surface area contributed by atoms with Gasteiger partial charge in [-0.15, -0.1) is 0 Å². The van der Waals surface area contributed by atoms with E-state index in [1.807, 2.05) is 14.0 Å². The van der Waals surface area contributed by atoms with Crippen molar-refractivity contribution in [3.8, 4) is 0 Å². The highest BCUT2D eigenvalue weighted by molar-refractivity contribution is 5.90. The number of hydrogen-bond acceptors (Lipinski definition) is 3. The normalized spacial score (nSPS) is 45.2. The first-order valence-electron chi connectivity index (χ1n) is 4.87. The molecule has 1 spiro atoms. The molecule has 2 fully saturated rings. The summed E-state index contributed by atoms with van der Waals surface area (Å²) in [6.07, 6.45) is 1.95. The quantitative estimate of drug-likeness (QED) is 0.522. The van der Waals surface area contributed by atoms with Crippen LogP contribution in [0.15, 0.2) is 0 Å². The minimum absolute atomic E-state index is 0.0625. The molecule has 1 amide bonds. The second-order valence-electron chi connectivity index (χ2n) is 4.18. The van der Waals surface area contributed by atoms with E-state index in [4.69, 9.17) is 5.73 Å². The van der Waals surface area contributed by atoms with E-state index in [1.165, 1.54) is 0 Å². The Kier molecular flexibility index (Phi) is 1.85. The van der Waals surface area contributed by atoms with Gasteiger partial charge in [-0.2, -0.15) is 0 Å². The molecule has 0 aromatic heterocycles. The monoisotopic (exact) mass is 183 g/mol. The number of nitrogens with zero attached hydrogens (tertiary/aromatic N) is 1. The van der Waals surface area contributed by atoms with E-state index in [0.29, 0.717) is 0 Å². The van der Waals surface area contributed by atoms with E-state index >= 15 is 0 Å². The minimum atomic E-state index is -0.436. The van der Waals surface area contributed by atoms with Crippen molar-refractivity contribution in [3.05, 3.63) is 0 Å². The lowest BCUT2D eigenvalue weighted by Gasteiger charge is -2.26. The molecule has 3 unspecified atom stereocenters. The van der Waals surface area contributed by atoms with Crippen molar-refractivity contribution in [2.45, 2.75) is 37.4 Å². The number of likely N-dealkylation sites (N-methyl/N-ethyl adjacent to an activating group) is 1. The lowest BCUT2D eigenvalue weighted by atomic mass is 9.89. The van der Waals surface area contributed by atoms with Crippen molar-refractivity contribution in [1.29, 1.82) is 0 Å². The van der Waals surface area contributed by atoms with Crippen LogP contribution in [0.5, 0.6) is 0 Å². The Morgan fingerprint density at radius 2 is 2.38 bits per heavy atom. The Morgan fingerprint density at radius 1 is 1.69 bits per heavy atom. The maximum absolute atomic E-state index is 11.9. The number of hydrogen-bond donors (Lipinski definition) is 2. The Labute approximate surface area is 78.5 Å². The van der Waals surface area contributed by atoms with Gasteiger partial charge in [-0.1, -0.05) is 0 Å². The van der Waals surface area contributed by atoms with Gasteiger partial charge in [0.1, 0.15) is 5.54 Å². The van der Waals surface area contributed by atoms with E-state index in [2.05, 4.69) is 5.32 Å². The van der Waals surface area contributed by atoms with Crippen molar-refractivity contribution in [1.82, 2.24) is 10.2 Å². The number of carbonyl (C=O) groups is 1. The summed E-state index contributed by atoms with van der Waals surface area (Å²) in [6, 6.07) is 0.0885. The smallest absolute Gasteiger partial charge is 0.244 e. The van der Waals surface area contributed by atoms with Crippen LogP contribution in [0, 0.1) is 0 Å². The molecule has 0 aliphatic carbocycles. The van der Waals surface area contributed by atoms with Gasteiger partial charge in [0.05, 0.1) is 6.04 Å². The summed E-state index contributed by atoms with van der Waals surface area (Å²) in [4.78, 5) is 13.7. The molecule has 3 N–H and O–H groups in total. The molecule has 74 valence electrons. The Hall–Kier alpha value is -0.610. The van der Waals surface area contributed by atoms with Crippen LogP contribution < -0.4 is 11.1 Å². The molecule has 13 heavy (non-hydrogen) atoms. The summed E-state index contributed by atoms with van der Waals surface area (Å²) in [6.45, 7) is 2.93. The number of nitrogens with two attached hydrogens (primary N) is 1.